The summed E-state index contributed by atoms with van der Waals surface area (Å²) in [5, 5.41) is 0. The minimum absolute atomic E-state index is 0.0892. The molecule has 2 aromatic carbocycles. The lowest BCUT2D eigenvalue weighted by Gasteiger charge is -2.33. The van der Waals surface area contributed by atoms with Crippen molar-refractivity contribution in [1.29, 1.82) is 0 Å². The van der Waals surface area contributed by atoms with Crippen LogP contribution in [0.5, 0.6) is 0 Å². The standard InChI is InChI=1S/C30H31F3N4O/c1-20-5-7-22(16-24(20)17-25-18-35-27-4-3-9-34-29(25)27)28(38)15-21-6-8-23(26(14-21)30(31,32)33)19-37-12-10-36(2)11-13-37/h3-9,14,16,18,29H,10-13,15,17,19H2,1-2H3. The molecule has 198 valence electrons. The molecule has 0 aromatic heterocycles. The molecule has 5 rings (SSSR count). The number of Topliss-reactive ketones (excluding diaryl/α,β-unsaturated/α-hetero) is 1. The first-order valence-corrected chi connectivity index (χ1v) is 12.9. The number of alkyl halides is 3. The number of aryl methyl sites for hydroxylation is 1. The van der Waals surface area contributed by atoms with Crippen LogP contribution in [0.25, 0.3) is 0 Å². The van der Waals surface area contributed by atoms with Crippen LogP contribution in [0.4, 0.5) is 13.2 Å². The topological polar surface area (TPSA) is 48.3 Å². The van der Waals surface area contributed by atoms with Gasteiger partial charge < -0.3 is 4.90 Å². The Balaban J connectivity index is 1.31. The lowest BCUT2D eigenvalue weighted by Crippen LogP contribution is -2.44. The summed E-state index contributed by atoms with van der Waals surface area (Å²) in [6.07, 6.45) is 3.44. The Kier molecular flexibility index (Phi) is 7.45. The summed E-state index contributed by atoms with van der Waals surface area (Å²) >= 11 is 0. The van der Waals surface area contributed by atoms with Crippen LogP contribution in [-0.4, -0.2) is 66.8 Å². The van der Waals surface area contributed by atoms with Crippen LogP contribution in [0, 0.1) is 6.92 Å². The van der Waals surface area contributed by atoms with Crippen LogP contribution in [0.3, 0.4) is 0 Å². The van der Waals surface area contributed by atoms with Gasteiger partial charge in [-0.3, -0.25) is 19.7 Å². The van der Waals surface area contributed by atoms with E-state index in [1.54, 1.807) is 18.3 Å². The van der Waals surface area contributed by atoms with E-state index in [1.807, 2.05) is 49.4 Å². The van der Waals surface area contributed by atoms with Gasteiger partial charge in [0.05, 0.1) is 11.3 Å². The molecule has 0 spiro atoms. The first-order valence-electron chi connectivity index (χ1n) is 12.9. The minimum Gasteiger partial charge on any atom is -0.304 e. The summed E-state index contributed by atoms with van der Waals surface area (Å²) in [6.45, 7) is 5.38. The second-order valence-corrected chi connectivity index (χ2v) is 10.3. The van der Waals surface area contributed by atoms with Crippen molar-refractivity contribution in [1.82, 2.24) is 9.80 Å². The number of rotatable bonds is 7. The van der Waals surface area contributed by atoms with E-state index in [4.69, 9.17) is 0 Å². The second-order valence-electron chi connectivity index (χ2n) is 10.3. The molecule has 8 heteroatoms. The number of hydrogen-bond donors (Lipinski definition) is 0. The van der Waals surface area contributed by atoms with E-state index in [-0.39, 0.29) is 30.4 Å². The van der Waals surface area contributed by atoms with Crippen molar-refractivity contribution in [2.75, 3.05) is 33.2 Å². The summed E-state index contributed by atoms with van der Waals surface area (Å²) in [5.41, 5.74) is 4.45. The lowest BCUT2D eigenvalue weighted by molar-refractivity contribution is -0.138. The average Bonchev–Trinajstić information content (AvgIpc) is 3.29. The average molecular weight is 521 g/mol. The molecule has 0 bridgehead atoms. The number of benzene rings is 2. The largest absolute Gasteiger partial charge is 0.416 e. The van der Waals surface area contributed by atoms with Crippen molar-refractivity contribution in [2.45, 2.75) is 38.5 Å². The molecule has 0 amide bonds. The number of carbonyl (C=O) groups excluding carboxylic acids is 1. The molecular formula is C30H31F3N4O. The molecule has 1 atom stereocenters. The van der Waals surface area contributed by atoms with Crippen LogP contribution in [0.2, 0.25) is 0 Å². The molecule has 3 aliphatic rings. The van der Waals surface area contributed by atoms with Gasteiger partial charge in [-0.15, -0.1) is 0 Å². The maximum Gasteiger partial charge on any atom is 0.416 e. The smallest absolute Gasteiger partial charge is 0.304 e. The first-order chi connectivity index (χ1) is 18.2. The van der Waals surface area contributed by atoms with Gasteiger partial charge in [-0.05, 0) is 72.5 Å². The third-order valence-corrected chi connectivity index (χ3v) is 7.50. The fraction of sp³-hybridized carbons (Fsp3) is 0.367. The third-order valence-electron chi connectivity index (χ3n) is 7.50. The normalized spacial score (nSPS) is 19.9. The summed E-state index contributed by atoms with van der Waals surface area (Å²) in [4.78, 5) is 26.3. The van der Waals surface area contributed by atoms with Crippen molar-refractivity contribution in [2.24, 2.45) is 9.98 Å². The molecular weight excluding hydrogens is 489 g/mol. The highest BCUT2D eigenvalue weighted by atomic mass is 19.4. The van der Waals surface area contributed by atoms with Crippen molar-refractivity contribution in [3.63, 3.8) is 0 Å². The van der Waals surface area contributed by atoms with Crippen molar-refractivity contribution >= 4 is 17.7 Å². The third kappa shape index (κ3) is 5.87. The maximum atomic E-state index is 14.0. The van der Waals surface area contributed by atoms with E-state index >= 15 is 0 Å². The molecule has 5 nitrogen and oxygen atoms in total. The predicted molar refractivity (Wildman–Crippen MR) is 144 cm³/mol. The highest BCUT2D eigenvalue weighted by Gasteiger charge is 2.34. The number of fused-ring (bicyclic) bond motifs is 1. The lowest BCUT2D eigenvalue weighted by atomic mass is 9.92. The second kappa shape index (κ2) is 10.8. The first kappa shape index (κ1) is 26.3. The van der Waals surface area contributed by atoms with E-state index in [0.717, 1.165) is 54.7 Å². The Morgan fingerprint density at radius 1 is 1.05 bits per heavy atom. The summed E-state index contributed by atoms with van der Waals surface area (Å²) in [5.74, 6) is -0.206. The number of aliphatic imine (C=N–C) groups is 2. The van der Waals surface area contributed by atoms with Gasteiger partial charge in [-0.2, -0.15) is 13.2 Å². The summed E-state index contributed by atoms with van der Waals surface area (Å²) < 4.78 is 41.9. The molecule has 0 radical (unpaired) electrons. The van der Waals surface area contributed by atoms with Gasteiger partial charge in [0.2, 0.25) is 0 Å². The molecule has 1 unspecified atom stereocenters. The fourth-order valence-corrected chi connectivity index (χ4v) is 5.14. The van der Waals surface area contributed by atoms with E-state index in [0.29, 0.717) is 17.5 Å². The molecule has 3 heterocycles. The van der Waals surface area contributed by atoms with E-state index in [2.05, 4.69) is 14.9 Å². The van der Waals surface area contributed by atoms with E-state index < -0.39 is 11.7 Å². The highest BCUT2D eigenvalue weighted by molar-refractivity contribution is 6.08. The Morgan fingerprint density at radius 3 is 2.61 bits per heavy atom. The van der Waals surface area contributed by atoms with Crippen molar-refractivity contribution < 1.29 is 18.0 Å². The molecule has 1 saturated heterocycles. The number of likely N-dealkylation sites (N-methyl/N-ethyl adjacent to an activating group) is 1. The van der Waals surface area contributed by atoms with Crippen molar-refractivity contribution in [3.8, 4) is 0 Å². The zero-order chi connectivity index (χ0) is 26.9. The van der Waals surface area contributed by atoms with Gasteiger partial charge in [-0.25, -0.2) is 0 Å². The molecule has 0 N–H and O–H groups in total. The zero-order valence-electron chi connectivity index (χ0n) is 21.6. The number of hydrogen-bond acceptors (Lipinski definition) is 5. The number of nitrogens with zero attached hydrogens (tertiary/aromatic N) is 4. The Bertz CT molecular complexity index is 1350. The van der Waals surface area contributed by atoms with Crippen LogP contribution in [0.1, 0.15) is 38.2 Å². The van der Waals surface area contributed by atoms with Crippen molar-refractivity contribution in [3.05, 3.63) is 93.7 Å². The predicted octanol–water partition coefficient (Wildman–Crippen LogP) is 5.08. The summed E-state index contributed by atoms with van der Waals surface area (Å²) in [7, 11) is 2.01. The van der Waals surface area contributed by atoms with Crippen LogP contribution < -0.4 is 0 Å². The molecule has 38 heavy (non-hydrogen) atoms. The van der Waals surface area contributed by atoms with Crippen LogP contribution >= 0.6 is 0 Å². The SMILES string of the molecule is Cc1ccc(C(=O)Cc2ccc(CN3CCN(C)CC3)c(C(F)(F)F)c2)cc1CC1=CN=C2C=CC=NC12. The Hall–Kier alpha value is -3.36. The minimum atomic E-state index is -4.48. The molecule has 0 aliphatic carbocycles. The van der Waals surface area contributed by atoms with E-state index in [9.17, 15) is 18.0 Å². The number of piperazine rings is 1. The number of dihydropyridines is 1. The highest BCUT2D eigenvalue weighted by Crippen LogP contribution is 2.34. The zero-order valence-corrected chi connectivity index (χ0v) is 21.6. The number of halogens is 3. The Labute approximate surface area is 221 Å². The van der Waals surface area contributed by atoms with Crippen LogP contribution in [-0.2, 0) is 25.6 Å². The van der Waals surface area contributed by atoms with Gasteiger partial charge in [0.1, 0.15) is 6.04 Å². The monoisotopic (exact) mass is 520 g/mol. The van der Waals surface area contributed by atoms with Gasteiger partial charge in [0.15, 0.2) is 5.78 Å². The van der Waals surface area contributed by atoms with Gasteiger partial charge in [0, 0.05) is 57.1 Å². The maximum absolute atomic E-state index is 14.0. The van der Waals surface area contributed by atoms with Gasteiger partial charge in [-0.1, -0.05) is 24.3 Å². The van der Waals surface area contributed by atoms with Gasteiger partial charge in [0.25, 0.3) is 0 Å². The van der Waals surface area contributed by atoms with E-state index in [1.165, 1.54) is 6.07 Å². The number of allylic oxidation sites excluding steroid dienone is 1. The molecule has 2 aromatic rings. The van der Waals surface area contributed by atoms with Crippen LogP contribution in [0.15, 0.2) is 70.3 Å². The number of ketones is 1. The van der Waals surface area contributed by atoms with Gasteiger partial charge >= 0.3 is 6.18 Å². The summed E-state index contributed by atoms with van der Waals surface area (Å²) in [6, 6.07) is 9.74. The molecule has 0 saturated carbocycles. The molecule has 1 fully saturated rings. The Morgan fingerprint density at radius 2 is 1.84 bits per heavy atom. The fourth-order valence-electron chi connectivity index (χ4n) is 5.14. The molecule has 3 aliphatic heterocycles. The quantitative estimate of drug-likeness (QED) is 0.479. The number of carbonyl (C=O) groups is 1.